The quantitative estimate of drug-likeness (QED) is 0.575. The molecule has 136 valence electrons. The summed E-state index contributed by atoms with van der Waals surface area (Å²) in [4.78, 5) is 10.7. The van der Waals surface area contributed by atoms with Crippen LogP contribution in [0.15, 0.2) is 35.0 Å². The molecule has 0 aliphatic carbocycles. The number of carboxylic acids is 1. The minimum absolute atomic E-state index is 0.0498. The Kier molecular flexibility index (Phi) is 5.43. The Morgan fingerprint density at radius 2 is 1.96 bits per heavy atom. The normalized spacial score (nSPS) is 10.8. The van der Waals surface area contributed by atoms with Gasteiger partial charge < -0.3 is 19.7 Å². The highest BCUT2D eigenvalue weighted by molar-refractivity contribution is 6.32. The average Bonchev–Trinajstić information content (AvgIpc) is 3.06. The summed E-state index contributed by atoms with van der Waals surface area (Å²) in [6.07, 6.45) is 0.425. The van der Waals surface area contributed by atoms with E-state index in [1.54, 1.807) is 24.3 Å². The second kappa shape index (κ2) is 7.92. The van der Waals surface area contributed by atoms with Crippen LogP contribution in [0.2, 0.25) is 5.02 Å². The van der Waals surface area contributed by atoms with Gasteiger partial charge in [-0.15, -0.1) is 0 Å². The predicted molar refractivity (Wildman–Crippen MR) is 91.9 cm³/mol. The molecule has 2 aromatic carbocycles. The number of carbonyl (C=O) groups is 1. The van der Waals surface area contributed by atoms with E-state index in [0.29, 0.717) is 40.4 Å². The first-order valence-corrected chi connectivity index (χ1v) is 8.12. The molecule has 8 nitrogen and oxygen atoms in total. The second-order valence-corrected chi connectivity index (χ2v) is 5.84. The van der Waals surface area contributed by atoms with E-state index in [9.17, 15) is 9.90 Å². The van der Waals surface area contributed by atoms with Crippen molar-refractivity contribution in [2.75, 3.05) is 13.2 Å². The van der Waals surface area contributed by atoms with E-state index in [0.717, 1.165) is 0 Å². The SMILES string of the molecule is O=C(O)Cc1ccc(OCCCOc2c(O)ccc3nonc23)c(Cl)c1. The van der Waals surface area contributed by atoms with Crippen LogP contribution in [0.3, 0.4) is 0 Å². The molecule has 1 aromatic heterocycles. The summed E-state index contributed by atoms with van der Waals surface area (Å²) in [5.74, 6) is -0.301. The maximum atomic E-state index is 10.7. The van der Waals surface area contributed by atoms with E-state index in [4.69, 9.17) is 26.2 Å². The predicted octanol–water partition coefficient (Wildman–Crippen LogP) is 3.06. The first-order valence-electron chi connectivity index (χ1n) is 7.74. The molecule has 0 atom stereocenters. The molecule has 0 aliphatic rings. The van der Waals surface area contributed by atoms with Crippen molar-refractivity contribution in [3.8, 4) is 17.2 Å². The summed E-state index contributed by atoms with van der Waals surface area (Å²) < 4.78 is 15.7. The van der Waals surface area contributed by atoms with Gasteiger partial charge in [-0.1, -0.05) is 17.7 Å². The summed E-state index contributed by atoms with van der Waals surface area (Å²) in [7, 11) is 0. The number of halogens is 1. The van der Waals surface area contributed by atoms with Crippen molar-refractivity contribution in [3.05, 3.63) is 40.9 Å². The molecule has 0 saturated heterocycles. The van der Waals surface area contributed by atoms with Gasteiger partial charge in [0.2, 0.25) is 0 Å². The summed E-state index contributed by atoms with van der Waals surface area (Å²) in [6, 6.07) is 7.89. The van der Waals surface area contributed by atoms with Gasteiger partial charge in [-0.2, -0.15) is 0 Å². The number of phenols is 1. The van der Waals surface area contributed by atoms with E-state index in [-0.39, 0.29) is 24.5 Å². The lowest BCUT2D eigenvalue weighted by Gasteiger charge is -2.10. The number of benzene rings is 2. The van der Waals surface area contributed by atoms with Gasteiger partial charge in [0.15, 0.2) is 17.0 Å². The average molecular weight is 379 g/mol. The molecule has 9 heteroatoms. The molecule has 0 aliphatic heterocycles. The molecule has 0 amide bonds. The van der Waals surface area contributed by atoms with Crippen molar-refractivity contribution in [3.63, 3.8) is 0 Å². The molecule has 0 unspecified atom stereocenters. The highest BCUT2D eigenvalue weighted by atomic mass is 35.5. The van der Waals surface area contributed by atoms with Gasteiger partial charge in [-0.05, 0) is 40.1 Å². The Hall–Kier alpha value is -3.00. The number of nitrogens with zero attached hydrogens (tertiary/aromatic N) is 2. The smallest absolute Gasteiger partial charge is 0.307 e. The van der Waals surface area contributed by atoms with Crippen LogP contribution >= 0.6 is 11.6 Å². The molecule has 0 radical (unpaired) electrons. The number of fused-ring (bicyclic) bond motifs is 1. The van der Waals surface area contributed by atoms with E-state index in [2.05, 4.69) is 14.9 Å². The summed E-state index contributed by atoms with van der Waals surface area (Å²) in [5, 5.41) is 26.4. The van der Waals surface area contributed by atoms with E-state index in [1.165, 1.54) is 6.07 Å². The Morgan fingerprint density at radius 3 is 2.73 bits per heavy atom. The molecule has 26 heavy (non-hydrogen) atoms. The lowest BCUT2D eigenvalue weighted by Crippen LogP contribution is -2.06. The number of rotatable bonds is 8. The van der Waals surface area contributed by atoms with Gasteiger partial charge >= 0.3 is 5.97 Å². The Balaban J connectivity index is 1.50. The summed E-state index contributed by atoms with van der Waals surface area (Å²) in [5.41, 5.74) is 1.44. The molecule has 0 bridgehead atoms. The molecule has 2 N–H and O–H groups in total. The van der Waals surface area contributed by atoms with Crippen LogP contribution < -0.4 is 9.47 Å². The minimum atomic E-state index is -0.924. The van der Waals surface area contributed by atoms with E-state index >= 15 is 0 Å². The van der Waals surface area contributed by atoms with Gasteiger partial charge in [0.05, 0.1) is 24.7 Å². The number of carboxylic acid groups (broad SMARTS) is 1. The third kappa shape index (κ3) is 4.15. The number of hydrogen-bond acceptors (Lipinski definition) is 7. The van der Waals surface area contributed by atoms with Crippen LogP contribution in [-0.4, -0.2) is 39.7 Å². The highest BCUT2D eigenvalue weighted by Gasteiger charge is 2.13. The van der Waals surface area contributed by atoms with Crippen LogP contribution in [0, 0.1) is 0 Å². The fourth-order valence-corrected chi connectivity index (χ4v) is 2.58. The van der Waals surface area contributed by atoms with E-state index < -0.39 is 5.97 Å². The third-order valence-corrected chi connectivity index (χ3v) is 3.80. The van der Waals surface area contributed by atoms with Crippen LogP contribution in [0.5, 0.6) is 17.2 Å². The van der Waals surface area contributed by atoms with Gasteiger partial charge in [-0.25, -0.2) is 4.63 Å². The van der Waals surface area contributed by atoms with Crippen molar-refractivity contribution in [2.24, 2.45) is 0 Å². The fourth-order valence-electron chi connectivity index (χ4n) is 2.32. The van der Waals surface area contributed by atoms with Gasteiger partial charge in [-0.3, -0.25) is 4.79 Å². The van der Waals surface area contributed by atoms with Crippen LogP contribution in [0.4, 0.5) is 0 Å². The Labute approximate surface area is 152 Å². The number of aliphatic carboxylic acids is 1. The lowest BCUT2D eigenvalue weighted by molar-refractivity contribution is -0.136. The highest BCUT2D eigenvalue weighted by Crippen LogP contribution is 2.33. The minimum Gasteiger partial charge on any atom is -0.504 e. The third-order valence-electron chi connectivity index (χ3n) is 3.50. The molecule has 1 heterocycles. The topological polar surface area (TPSA) is 115 Å². The molecule has 0 fully saturated rings. The van der Waals surface area contributed by atoms with Crippen LogP contribution in [-0.2, 0) is 11.2 Å². The van der Waals surface area contributed by atoms with Crippen LogP contribution in [0.25, 0.3) is 11.0 Å². The number of phenolic OH excluding ortho intramolecular Hbond substituents is 1. The second-order valence-electron chi connectivity index (χ2n) is 5.43. The summed E-state index contributed by atoms with van der Waals surface area (Å²) in [6.45, 7) is 0.597. The zero-order valence-corrected chi connectivity index (χ0v) is 14.3. The van der Waals surface area contributed by atoms with Gasteiger partial charge in [0, 0.05) is 6.42 Å². The molecule has 0 spiro atoms. The molecule has 0 saturated carbocycles. The van der Waals surface area contributed by atoms with Crippen molar-refractivity contribution >= 4 is 28.6 Å². The standard InChI is InChI=1S/C17H15ClN2O6/c18-11-8-10(9-15(22)23)2-5-14(11)24-6-1-7-25-17-13(21)4-3-12-16(17)20-26-19-12/h2-5,8,21H,1,6-7,9H2,(H,22,23). The zero-order valence-electron chi connectivity index (χ0n) is 13.5. The van der Waals surface area contributed by atoms with Crippen LogP contribution in [0.1, 0.15) is 12.0 Å². The maximum Gasteiger partial charge on any atom is 0.307 e. The fraction of sp³-hybridized carbons (Fsp3) is 0.235. The molecule has 3 aromatic rings. The summed E-state index contributed by atoms with van der Waals surface area (Å²) >= 11 is 6.09. The first-order chi connectivity index (χ1) is 12.5. The number of ether oxygens (including phenoxy) is 2. The number of aromatic nitrogens is 2. The first kappa shape index (κ1) is 17.8. The molecular formula is C17H15ClN2O6. The Morgan fingerprint density at radius 1 is 1.15 bits per heavy atom. The number of aromatic hydroxyl groups is 1. The molecule has 3 rings (SSSR count). The Bertz CT molecular complexity index is 927. The van der Waals surface area contributed by atoms with Gasteiger partial charge in [0.25, 0.3) is 0 Å². The molecular weight excluding hydrogens is 364 g/mol. The van der Waals surface area contributed by atoms with E-state index in [1.807, 2.05) is 0 Å². The van der Waals surface area contributed by atoms with Crippen molar-refractivity contribution in [1.29, 1.82) is 0 Å². The van der Waals surface area contributed by atoms with Gasteiger partial charge in [0.1, 0.15) is 11.3 Å². The monoisotopic (exact) mass is 378 g/mol. The number of hydrogen-bond donors (Lipinski definition) is 2. The maximum absolute atomic E-state index is 10.7. The van der Waals surface area contributed by atoms with Crippen molar-refractivity contribution in [1.82, 2.24) is 10.3 Å². The largest absolute Gasteiger partial charge is 0.504 e. The lowest BCUT2D eigenvalue weighted by atomic mass is 10.1. The zero-order chi connectivity index (χ0) is 18.5. The van der Waals surface area contributed by atoms with Crippen molar-refractivity contribution < 1.29 is 29.1 Å². The van der Waals surface area contributed by atoms with Crippen molar-refractivity contribution in [2.45, 2.75) is 12.8 Å².